The van der Waals surface area contributed by atoms with Gasteiger partial charge in [0.05, 0.1) is 0 Å². The fourth-order valence-electron chi connectivity index (χ4n) is 1.47. The first-order valence-corrected chi connectivity index (χ1v) is 6.94. The molecule has 19 heavy (non-hydrogen) atoms. The van der Waals surface area contributed by atoms with Crippen molar-refractivity contribution >= 4 is 25.3 Å². The van der Waals surface area contributed by atoms with E-state index in [0.29, 0.717) is 0 Å². The molecular formula is C12H20MnN4S2-4. The van der Waals surface area contributed by atoms with Gasteiger partial charge < -0.3 is 35.9 Å². The molecule has 4 nitrogen and oxygen atoms in total. The van der Waals surface area contributed by atoms with Gasteiger partial charge in [-0.3, -0.25) is 0 Å². The fourth-order valence-corrected chi connectivity index (χ4v) is 1.47. The Kier molecular flexibility index (Phi) is 33.3. The quantitative estimate of drug-likeness (QED) is 0.386. The number of hydrogen-bond donors (Lipinski definition) is 0. The minimum absolute atomic E-state index is 0. The van der Waals surface area contributed by atoms with E-state index in [1.54, 1.807) is 0 Å². The van der Waals surface area contributed by atoms with Gasteiger partial charge in [0.2, 0.25) is 0 Å². The molecule has 0 bridgehead atoms. The molecule has 2 heterocycles. The second kappa shape index (κ2) is 26.4. The Morgan fingerprint density at radius 3 is 0.895 bits per heavy atom. The van der Waals surface area contributed by atoms with Gasteiger partial charge in [-0.25, -0.2) is 10.5 Å². The molecule has 0 aromatic carbocycles. The van der Waals surface area contributed by atoms with Crippen LogP contribution in [0.25, 0.3) is 10.6 Å². The molecule has 1 radical (unpaired) electrons. The first-order valence-electron chi connectivity index (χ1n) is 6.12. The molecule has 7 heteroatoms. The Morgan fingerprint density at radius 1 is 0.632 bits per heavy atom. The summed E-state index contributed by atoms with van der Waals surface area (Å²) in [5.74, 6) is 0. The maximum atomic E-state index is 7.13. The first-order chi connectivity index (χ1) is 8.83. The third kappa shape index (κ3) is 31.9. The van der Waals surface area contributed by atoms with Crippen LogP contribution in [0.3, 0.4) is 0 Å². The second-order valence-corrected chi connectivity index (χ2v) is 4.01. The molecule has 0 aromatic heterocycles. The summed E-state index contributed by atoms with van der Waals surface area (Å²) in [5, 5.41) is 25.3. The number of thiocyanates is 2. The predicted molar refractivity (Wildman–Crippen MR) is 79.8 cm³/mol. The van der Waals surface area contributed by atoms with Crippen molar-refractivity contribution in [3.8, 4) is 10.8 Å². The monoisotopic (exact) mass is 339 g/mol. The van der Waals surface area contributed by atoms with Crippen molar-refractivity contribution in [2.75, 3.05) is 26.2 Å². The van der Waals surface area contributed by atoms with E-state index in [1.165, 1.54) is 49.3 Å². The zero-order chi connectivity index (χ0) is 13.9. The smallest absolute Gasteiger partial charge is 0 e. The molecule has 2 aliphatic rings. The van der Waals surface area contributed by atoms with Gasteiger partial charge in [0.25, 0.3) is 0 Å². The second-order valence-electron chi connectivity index (χ2n) is 3.65. The minimum atomic E-state index is 0. The Bertz CT molecular complexity index is 174. The van der Waals surface area contributed by atoms with Crippen LogP contribution >= 0.6 is 0 Å². The van der Waals surface area contributed by atoms with Crippen molar-refractivity contribution in [2.45, 2.75) is 38.5 Å². The average molecular weight is 339 g/mol. The Hall–Kier alpha value is -0.141. The zero-order valence-electron chi connectivity index (χ0n) is 11.1. The van der Waals surface area contributed by atoms with E-state index in [9.17, 15) is 0 Å². The number of nitrogens with zero attached hydrogens (tertiary/aromatic N) is 4. The van der Waals surface area contributed by atoms with Gasteiger partial charge in [-0.15, -0.1) is 26.2 Å². The van der Waals surface area contributed by atoms with Crippen LogP contribution in [0.5, 0.6) is 0 Å². The van der Waals surface area contributed by atoms with E-state index in [-0.39, 0.29) is 17.1 Å². The third-order valence-corrected chi connectivity index (χ3v) is 2.26. The summed E-state index contributed by atoms with van der Waals surface area (Å²) < 4.78 is 0. The number of hydrogen-bond acceptors (Lipinski definition) is 4. The zero-order valence-corrected chi connectivity index (χ0v) is 13.9. The molecule has 2 aliphatic heterocycles. The van der Waals surface area contributed by atoms with Crippen LogP contribution in [0.2, 0.25) is 0 Å². The predicted octanol–water partition coefficient (Wildman–Crippen LogP) is 3.11. The van der Waals surface area contributed by atoms with Crippen LogP contribution < -0.4 is 0 Å². The molecule has 2 saturated heterocycles. The molecule has 2 fully saturated rings. The van der Waals surface area contributed by atoms with Gasteiger partial charge in [-0.1, -0.05) is 49.3 Å². The van der Waals surface area contributed by atoms with E-state index in [4.69, 9.17) is 10.5 Å². The molecule has 0 N–H and O–H groups in total. The van der Waals surface area contributed by atoms with Gasteiger partial charge in [-0.05, 0) is 0 Å². The van der Waals surface area contributed by atoms with Crippen LogP contribution in [-0.2, 0) is 42.3 Å². The normalized spacial score (nSPS) is 15.9. The maximum absolute atomic E-state index is 7.13. The van der Waals surface area contributed by atoms with Gasteiger partial charge in [-0.2, -0.15) is 0 Å². The van der Waals surface area contributed by atoms with Crippen molar-refractivity contribution in [1.82, 2.24) is 0 Å². The van der Waals surface area contributed by atoms with Crippen LogP contribution in [0.1, 0.15) is 38.5 Å². The van der Waals surface area contributed by atoms with Crippen LogP contribution in [-0.4, -0.2) is 26.2 Å². The summed E-state index contributed by atoms with van der Waals surface area (Å²) in [4.78, 5) is 0. The summed E-state index contributed by atoms with van der Waals surface area (Å²) in [5.41, 5.74) is 0. The van der Waals surface area contributed by atoms with Gasteiger partial charge in [0, 0.05) is 17.1 Å². The van der Waals surface area contributed by atoms with Crippen molar-refractivity contribution in [1.29, 1.82) is 10.5 Å². The summed E-state index contributed by atoms with van der Waals surface area (Å²) in [7, 11) is 0. The molecule has 0 unspecified atom stereocenters. The van der Waals surface area contributed by atoms with E-state index in [0.717, 1.165) is 26.2 Å². The largest absolute Gasteiger partial charge is 0.696 e. The Labute approximate surface area is 139 Å². The van der Waals surface area contributed by atoms with Crippen LogP contribution in [0.15, 0.2) is 0 Å². The molecule has 0 aromatic rings. The average Bonchev–Trinajstić information content (AvgIpc) is 2.45. The van der Waals surface area contributed by atoms with Crippen molar-refractivity contribution in [2.24, 2.45) is 0 Å². The van der Waals surface area contributed by atoms with Crippen LogP contribution in [0.4, 0.5) is 0 Å². The van der Waals surface area contributed by atoms with Gasteiger partial charge >= 0.3 is 0 Å². The first kappa shape index (κ1) is 23.9. The topological polar surface area (TPSA) is 75.8 Å². The Morgan fingerprint density at radius 2 is 0.842 bits per heavy atom. The molecule has 0 amide bonds. The number of piperidine rings is 2. The van der Waals surface area contributed by atoms with E-state index in [2.05, 4.69) is 35.9 Å². The van der Waals surface area contributed by atoms with E-state index < -0.39 is 0 Å². The molecule has 111 valence electrons. The molecular weight excluding hydrogens is 319 g/mol. The number of rotatable bonds is 0. The van der Waals surface area contributed by atoms with Gasteiger partial charge in [0.15, 0.2) is 0 Å². The van der Waals surface area contributed by atoms with Crippen molar-refractivity contribution < 1.29 is 17.1 Å². The maximum Gasteiger partial charge on any atom is 0 e. The third-order valence-electron chi connectivity index (χ3n) is 2.26. The molecule has 0 saturated carbocycles. The van der Waals surface area contributed by atoms with Crippen molar-refractivity contribution in [3.05, 3.63) is 10.6 Å². The van der Waals surface area contributed by atoms with E-state index >= 15 is 0 Å². The SMILES string of the molecule is C1CC[N-]CC1.C1CC[N-]CC1.N#C[S-].N#C[S-].[Mn]. The van der Waals surface area contributed by atoms with Crippen LogP contribution in [0, 0.1) is 21.3 Å². The molecule has 2 rings (SSSR count). The summed E-state index contributed by atoms with van der Waals surface area (Å²) in [6.07, 6.45) is 8.15. The standard InChI is InChI=1S/2C5H10N.2CHNS.Mn/c2*1-2-4-6-5-3-1;2*2-1-3;/h2*1-5H2;2*3H;/q2*-1;;;/p-2. The molecule has 0 atom stereocenters. The molecule has 0 spiro atoms. The summed E-state index contributed by atoms with van der Waals surface area (Å²) in [6, 6.07) is 0. The van der Waals surface area contributed by atoms with E-state index in [1.807, 2.05) is 0 Å². The fraction of sp³-hybridized carbons (Fsp3) is 0.833. The van der Waals surface area contributed by atoms with Crippen molar-refractivity contribution in [3.63, 3.8) is 0 Å². The summed E-state index contributed by atoms with van der Waals surface area (Å²) >= 11 is 7.40. The molecule has 0 aliphatic carbocycles. The van der Waals surface area contributed by atoms with Gasteiger partial charge in [0.1, 0.15) is 0 Å². The Balaban J connectivity index is -0.000000188. The summed E-state index contributed by atoms with van der Waals surface area (Å²) in [6.45, 7) is 4.50. The minimum Gasteiger partial charge on any atom is -0.696 e. The number of nitriles is 2.